The van der Waals surface area contributed by atoms with E-state index in [1.54, 1.807) is 0 Å². The minimum Gasteiger partial charge on any atom is -0.508 e. The number of rotatable bonds is 5. The van der Waals surface area contributed by atoms with Crippen LogP contribution in [0.1, 0.15) is 24.9 Å². The van der Waals surface area contributed by atoms with E-state index in [0.717, 1.165) is 0 Å². The summed E-state index contributed by atoms with van der Waals surface area (Å²) in [6.07, 6.45) is 0.240. The van der Waals surface area contributed by atoms with Gasteiger partial charge < -0.3 is 21.3 Å². The number of carbonyl (C=O) groups excluding carboxylic acids is 1. The molecule has 5 heteroatoms. The van der Waals surface area contributed by atoms with Gasteiger partial charge in [-0.2, -0.15) is 0 Å². The van der Waals surface area contributed by atoms with Crippen LogP contribution in [-0.2, 0) is 4.79 Å². The SMILES string of the molecule is CC(NCCC(N)=O)c1cc(O)ccc1O. The lowest BCUT2D eigenvalue weighted by Gasteiger charge is -2.15. The Kier molecular flexibility index (Phi) is 4.13. The second-order valence-corrected chi connectivity index (χ2v) is 3.64. The predicted octanol–water partition coefficient (Wildman–Crippen LogP) is 0.624. The summed E-state index contributed by atoms with van der Waals surface area (Å²) in [4.78, 5) is 10.5. The van der Waals surface area contributed by atoms with Gasteiger partial charge in [-0.1, -0.05) is 0 Å². The van der Waals surface area contributed by atoms with E-state index in [9.17, 15) is 15.0 Å². The van der Waals surface area contributed by atoms with Gasteiger partial charge in [0.05, 0.1) is 0 Å². The van der Waals surface area contributed by atoms with Crippen LogP contribution in [0.3, 0.4) is 0 Å². The number of amides is 1. The van der Waals surface area contributed by atoms with Crippen LogP contribution in [0.4, 0.5) is 0 Å². The number of phenols is 2. The highest BCUT2D eigenvalue weighted by Crippen LogP contribution is 2.27. The van der Waals surface area contributed by atoms with Gasteiger partial charge in [-0.3, -0.25) is 4.79 Å². The quantitative estimate of drug-likeness (QED) is 0.551. The van der Waals surface area contributed by atoms with Crippen LogP contribution in [0.25, 0.3) is 0 Å². The standard InChI is InChI=1S/C11H16N2O3/c1-7(13-5-4-11(12)16)9-6-8(14)2-3-10(9)15/h2-3,6-7,13-15H,4-5H2,1H3,(H2,12,16). The van der Waals surface area contributed by atoms with E-state index >= 15 is 0 Å². The highest BCUT2D eigenvalue weighted by atomic mass is 16.3. The third-order valence-electron chi connectivity index (χ3n) is 2.30. The molecule has 1 amide bonds. The molecule has 1 aromatic rings. The Morgan fingerprint density at radius 2 is 2.19 bits per heavy atom. The zero-order chi connectivity index (χ0) is 12.1. The van der Waals surface area contributed by atoms with E-state index in [1.165, 1.54) is 18.2 Å². The molecule has 1 aromatic carbocycles. The van der Waals surface area contributed by atoms with Crippen LogP contribution in [0, 0.1) is 0 Å². The number of phenolic OH excluding ortho intramolecular Hbond substituents is 2. The van der Waals surface area contributed by atoms with Crippen molar-refractivity contribution in [1.29, 1.82) is 0 Å². The zero-order valence-corrected chi connectivity index (χ0v) is 9.10. The maximum atomic E-state index is 10.5. The van der Waals surface area contributed by atoms with Crippen molar-refractivity contribution in [2.24, 2.45) is 5.73 Å². The number of hydrogen-bond donors (Lipinski definition) is 4. The van der Waals surface area contributed by atoms with Gasteiger partial charge in [-0.15, -0.1) is 0 Å². The van der Waals surface area contributed by atoms with E-state index in [1.807, 2.05) is 6.92 Å². The molecule has 0 aliphatic carbocycles. The first-order valence-electron chi connectivity index (χ1n) is 5.04. The highest BCUT2D eigenvalue weighted by molar-refractivity contribution is 5.73. The van der Waals surface area contributed by atoms with Gasteiger partial charge in [0.15, 0.2) is 0 Å². The molecule has 0 heterocycles. The summed E-state index contributed by atoms with van der Waals surface area (Å²) in [5.41, 5.74) is 5.59. The Morgan fingerprint density at radius 3 is 2.81 bits per heavy atom. The monoisotopic (exact) mass is 224 g/mol. The van der Waals surface area contributed by atoms with Gasteiger partial charge in [0.1, 0.15) is 11.5 Å². The van der Waals surface area contributed by atoms with Gasteiger partial charge >= 0.3 is 0 Å². The molecule has 0 fully saturated rings. The number of primary amides is 1. The fourth-order valence-corrected chi connectivity index (χ4v) is 1.41. The van der Waals surface area contributed by atoms with Crippen LogP contribution in [0.2, 0.25) is 0 Å². The number of nitrogens with one attached hydrogen (secondary N) is 1. The Labute approximate surface area is 93.9 Å². The first kappa shape index (κ1) is 12.3. The van der Waals surface area contributed by atoms with Gasteiger partial charge in [-0.05, 0) is 25.1 Å². The molecule has 0 aromatic heterocycles. The van der Waals surface area contributed by atoms with Crippen molar-refractivity contribution in [2.75, 3.05) is 6.54 Å². The summed E-state index contributed by atoms with van der Waals surface area (Å²) in [6.45, 7) is 2.26. The van der Waals surface area contributed by atoms with Crippen LogP contribution in [0.5, 0.6) is 11.5 Å². The molecular formula is C11H16N2O3. The molecule has 0 saturated carbocycles. The van der Waals surface area contributed by atoms with Crippen molar-refractivity contribution in [1.82, 2.24) is 5.32 Å². The molecule has 0 spiro atoms. The first-order valence-corrected chi connectivity index (χ1v) is 5.04. The minimum atomic E-state index is -0.375. The number of hydrogen-bond acceptors (Lipinski definition) is 4. The second kappa shape index (κ2) is 5.37. The smallest absolute Gasteiger partial charge is 0.218 e. The van der Waals surface area contributed by atoms with Crippen molar-refractivity contribution in [3.05, 3.63) is 23.8 Å². The fraction of sp³-hybridized carbons (Fsp3) is 0.364. The Hall–Kier alpha value is -1.75. The summed E-state index contributed by atoms with van der Waals surface area (Å²) >= 11 is 0. The van der Waals surface area contributed by atoms with Crippen molar-refractivity contribution in [3.63, 3.8) is 0 Å². The highest BCUT2D eigenvalue weighted by Gasteiger charge is 2.10. The molecule has 5 N–H and O–H groups in total. The molecular weight excluding hydrogens is 208 g/mol. The fourth-order valence-electron chi connectivity index (χ4n) is 1.41. The van der Waals surface area contributed by atoms with Gasteiger partial charge in [0.25, 0.3) is 0 Å². The molecule has 0 aliphatic heterocycles. The molecule has 0 bridgehead atoms. The van der Waals surface area contributed by atoms with Crippen LogP contribution in [-0.4, -0.2) is 22.7 Å². The molecule has 5 nitrogen and oxygen atoms in total. The Bertz CT molecular complexity index is 379. The van der Waals surface area contributed by atoms with Crippen LogP contribution >= 0.6 is 0 Å². The third-order valence-corrected chi connectivity index (χ3v) is 2.30. The summed E-state index contributed by atoms with van der Waals surface area (Å²) in [6, 6.07) is 4.16. The zero-order valence-electron chi connectivity index (χ0n) is 9.10. The lowest BCUT2D eigenvalue weighted by atomic mass is 10.1. The van der Waals surface area contributed by atoms with Gasteiger partial charge in [0, 0.05) is 24.6 Å². The molecule has 88 valence electrons. The summed E-state index contributed by atoms with van der Waals surface area (Å²) < 4.78 is 0. The summed E-state index contributed by atoms with van der Waals surface area (Å²) in [5, 5.41) is 21.9. The number of benzene rings is 1. The van der Waals surface area contributed by atoms with E-state index in [-0.39, 0.29) is 29.9 Å². The third kappa shape index (κ3) is 3.43. The van der Waals surface area contributed by atoms with Crippen molar-refractivity contribution in [3.8, 4) is 11.5 Å². The topological polar surface area (TPSA) is 95.6 Å². The lowest BCUT2D eigenvalue weighted by molar-refractivity contribution is -0.117. The Morgan fingerprint density at radius 1 is 1.50 bits per heavy atom. The van der Waals surface area contributed by atoms with E-state index < -0.39 is 0 Å². The van der Waals surface area contributed by atoms with Crippen molar-refractivity contribution >= 4 is 5.91 Å². The molecule has 0 radical (unpaired) electrons. The van der Waals surface area contributed by atoms with E-state index in [0.29, 0.717) is 12.1 Å². The first-order chi connectivity index (χ1) is 7.50. The molecule has 1 atom stereocenters. The molecule has 1 rings (SSSR count). The molecule has 0 aliphatic rings. The minimum absolute atomic E-state index is 0.0938. The van der Waals surface area contributed by atoms with Crippen molar-refractivity contribution < 1.29 is 15.0 Å². The van der Waals surface area contributed by atoms with Crippen molar-refractivity contribution in [2.45, 2.75) is 19.4 Å². The largest absolute Gasteiger partial charge is 0.508 e. The van der Waals surface area contributed by atoms with E-state index in [4.69, 9.17) is 5.73 Å². The normalized spacial score (nSPS) is 12.3. The average Bonchev–Trinajstić information content (AvgIpc) is 2.21. The Balaban J connectivity index is 2.61. The summed E-state index contributed by atoms with van der Waals surface area (Å²) in [7, 11) is 0. The number of aromatic hydroxyl groups is 2. The maximum Gasteiger partial charge on any atom is 0.218 e. The van der Waals surface area contributed by atoms with Crippen LogP contribution < -0.4 is 11.1 Å². The molecule has 0 saturated heterocycles. The lowest BCUT2D eigenvalue weighted by Crippen LogP contribution is -2.24. The van der Waals surface area contributed by atoms with Gasteiger partial charge in [-0.25, -0.2) is 0 Å². The molecule has 1 unspecified atom stereocenters. The number of carbonyl (C=O) groups is 1. The second-order valence-electron chi connectivity index (χ2n) is 3.64. The van der Waals surface area contributed by atoms with Gasteiger partial charge in [0.2, 0.25) is 5.91 Å². The number of nitrogens with two attached hydrogens (primary N) is 1. The summed E-state index contributed by atoms with van der Waals surface area (Å²) in [5.74, 6) is -0.173. The predicted molar refractivity (Wildman–Crippen MR) is 60.0 cm³/mol. The van der Waals surface area contributed by atoms with E-state index in [2.05, 4.69) is 5.32 Å². The average molecular weight is 224 g/mol. The van der Waals surface area contributed by atoms with Crippen LogP contribution in [0.15, 0.2) is 18.2 Å². The maximum absolute atomic E-state index is 10.5. The molecule has 16 heavy (non-hydrogen) atoms.